The van der Waals surface area contributed by atoms with Crippen LogP contribution in [0.25, 0.3) is 10.1 Å². The first-order chi connectivity index (χ1) is 12.1. The maximum absolute atomic E-state index is 11.9. The normalized spacial score (nSPS) is 10.9. The predicted molar refractivity (Wildman–Crippen MR) is 96.7 cm³/mol. The number of nitrogens with one attached hydrogen (secondary N) is 2. The van der Waals surface area contributed by atoms with Crippen molar-refractivity contribution in [2.75, 3.05) is 6.54 Å². The third-order valence-corrected chi connectivity index (χ3v) is 4.28. The van der Waals surface area contributed by atoms with E-state index >= 15 is 0 Å². The monoisotopic (exact) mass is 353 g/mol. The minimum absolute atomic E-state index is 0.168. The van der Waals surface area contributed by atoms with E-state index in [9.17, 15) is 9.59 Å². The molecule has 0 saturated heterocycles. The van der Waals surface area contributed by atoms with Gasteiger partial charge in [0.25, 0.3) is 11.8 Å². The van der Waals surface area contributed by atoms with Crippen LogP contribution in [0.15, 0.2) is 47.1 Å². The first kappa shape index (κ1) is 16.7. The van der Waals surface area contributed by atoms with E-state index in [2.05, 4.69) is 25.8 Å². The van der Waals surface area contributed by atoms with E-state index in [1.54, 1.807) is 30.7 Å². The summed E-state index contributed by atoms with van der Waals surface area (Å²) < 4.78 is 1.15. The number of hydrazone groups is 1. The van der Waals surface area contributed by atoms with Crippen LogP contribution in [0, 0.1) is 6.92 Å². The molecule has 0 bridgehead atoms. The molecule has 0 aliphatic rings. The molecule has 3 rings (SSSR count). The lowest BCUT2D eigenvalue weighted by molar-refractivity contribution is -0.120. The Kier molecular flexibility index (Phi) is 5.10. The van der Waals surface area contributed by atoms with Gasteiger partial charge in [-0.2, -0.15) is 5.10 Å². The average molecular weight is 353 g/mol. The number of hydrogen-bond acceptors (Lipinski definition) is 6. The lowest BCUT2D eigenvalue weighted by Gasteiger charge is -2.03. The van der Waals surface area contributed by atoms with Gasteiger partial charge in [-0.25, -0.2) is 10.4 Å². The Labute approximate surface area is 147 Å². The van der Waals surface area contributed by atoms with Gasteiger partial charge in [-0.15, -0.1) is 11.3 Å². The highest BCUT2D eigenvalue weighted by Crippen LogP contribution is 2.23. The molecule has 0 atom stereocenters. The van der Waals surface area contributed by atoms with E-state index in [1.165, 1.54) is 6.20 Å². The van der Waals surface area contributed by atoms with Crippen LogP contribution in [-0.2, 0) is 4.79 Å². The van der Waals surface area contributed by atoms with Gasteiger partial charge in [0.15, 0.2) is 0 Å². The fourth-order valence-electron chi connectivity index (χ4n) is 2.14. The lowest BCUT2D eigenvalue weighted by Crippen LogP contribution is -2.35. The number of amides is 2. The van der Waals surface area contributed by atoms with Crippen LogP contribution in [0.2, 0.25) is 0 Å². The molecule has 8 heteroatoms. The molecule has 2 N–H and O–H groups in total. The Hall–Kier alpha value is -3.13. The van der Waals surface area contributed by atoms with Gasteiger partial charge < -0.3 is 5.32 Å². The summed E-state index contributed by atoms with van der Waals surface area (Å²) in [7, 11) is 0. The zero-order chi connectivity index (χ0) is 17.6. The summed E-state index contributed by atoms with van der Waals surface area (Å²) in [6.07, 6.45) is 4.48. The van der Waals surface area contributed by atoms with Crippen molar-refractivity contribution in [2.24, 2.45) is 5.10 Å². The highest BCUT2D eigenvalue weighted by molar-refractivity contribution is 7.17. The second-order valence-electron chi connectivity index (χ2n) is 5.21. The molecular weight excluding hydrogens is 338 g/mol. The quantitative estimate of drug-likeness (QED) is 0.541. The third kappa shape index (κ3) is 4.24. The van der Waals surface area contributed by atoms with Crippen molar-refractivity contribution in [3.8, 4) is 0 Å². The zero-order valence-corrected chi connectivity index (χ0v) is 14.2. The molecule has 0 saturated carbocycles. The number of carbonyl (C=O) groups is 2. The summed E-state index contributed by atoms with van der Waals surface area (Å²) >= 11 is 1.61. The van der Waals surface area contributed by atoms with E-state index in [-0.39, 0.29) is 12.2 Å². The number of nitrogens with zero attached hydrogens (tertiary/aromatic N) is 3. The highest BCUT2D eigenvalue weighted by Gasteiger charge is 2.09. The summed E-state index contributed by atoms with van der Waals surface area (Å²) in [6, 6.07) is 7.95. The second kappa shape index (κ2) is 7.63. The highest BCUT2D eigenvalue weighted by atomic mass is 32.1. The SMILES string of the molecule is Cc1cncc(C(=O)NCC(=O)N/N=C/c2csc3ccccc23)n1. The summed E-state index contributed by atoms with van der Waals surface area (Å²) in [5.74, 6) is -0.885. The molecule has 0 radical (unpaired) electrons. The van der Waals surface area contributed by atoms with E-state index < -0.39 is 11.8 Å². The van der Waals surface area contributed by atoms with Crippen LogP contribution >= 0.6 is 11.3 Å². The van der Waals surface area contributed by atoms with Crippen LogP contribution in [0.1, 0.15) is 21.7 Å². The smallest absolute Gasteiger partial charge is 0.271 e. The standard InChI is InChI=1S/C17H15N5O2S/c1-11-6-18-8-14(21-11)17(24)19-9-16(23)22-20-7-12-10-25-15-5-3-2-4-13(12)15/h2-8,10H,9H2,1H3,(H,19,24)(H,22,23)/b20-7+. The van der Waals surface area contributed by atoms with Gasteiger partial charge in [0, 0.05) is 27.2 Å². The Morgan fingerprint density at radius 3 is 2.96 bits per heavy atom. The molecule has 3 aromatic rings. The van der Waals surface area contributed by atoms with Crippen molar-refractivity contribution < 1.29 is 9.59 Å². The molecule has 2 heterocycles. The fourth-order valence-corrected chi connectivity index (χ4v) is 3.05. The first-order valence-electron chi connectivity index (χ1n) is 7.48. The van der Waals surface area contributed by atoms with Crippen LogP contribution in [-0.4, -0.2) is 34.5 Å². The number of aryl methyl sites for hydroxylation is 1. The Bertz CT molecular complexity index is 951. The van der Waals surface area contributed by atoms with Crippen LogP contribution in [0.4, 0.5) is 0 Å². The summed E-state index contributed by atoms with van der Waals surface area (Å²) in [4.78, 5) is 31.6. The summed E-state index contributed by atoms with van der Waals surface area (Å²) in [5, 5.41) is 9.46. The number of thiophene rings is 1. The van der Waals surface area contributed by atoms with Gasteiger partial charge in [0.05, 0.1) is 24.7 Å². The van der Waals surface area contributed by atoms with Crippen LogP contribution in [0.5, 0.6) is 0 Å². The minimum Gasteiger partial charge on any atom is -0.342 e. The molecule has 126 valence electrons. The Morgan fingerprint density at radius 2 is 2.12 bits per heavy atom. The molecule has 0 unspecified atom stereocenters. The second-order valence-corrected chi connectivity index (χ2v) is 6.12. The van der Waals surface area contributed by atoms with Crippen molar-refractivity contribution >= 4 is 39.5 Å². The van der Waals surface area contributed by atoms with Gasteiger partial charge >= 0.3 is 0 Å². The van der Waals surface area contributed by atoms with Gasteiger partial charge in [-0.05, 0) is 13.0 Å². The molecular formula is C17H15N5O2S. The summed E-state index contributed by atoms with van der Waals surface area (Å²) in [6.45, 7) is 1.54. The molecule has 7 nitrogen and oxygen atoms in total. The molecule has 0 fully saturated rings. The number of carbonyl (C=O) groups excluding carboxylic acids is 2. The zero-order valence-electron chi connectivity index (χ0n) is 13.4. The van der Waals surface area contributed by atoms with Crippen LogP contribution < -0.4 is 10.7 Å². The summed E-state index contributed by atoms with van der Waals surface area (Å²) in [5.41, 5.74) is 4.12. The average Bonchev–Trinajstić information content (AvgIpc) is 3.03. The topological polar surface area (TPSA) is 96.3 Å². The Morgan fingerprint density at radius 1 is 1.28 bits per heavy atom. The van der Waals surface area contributed by atoms with Crippen molar-refractivity contribution in [2.45, 2.75) is 6.92 Å². The van der Waals surface area contributed by atoms with Gasteiger partial charge in [0.2, 0.25) is 0 Å². The van der Waals surface area contributed by atoms with E-state index in [4.69, 9.17) is 0 Å². The molecule has 0 aliphatic heterocycles. The number of benzene rings is 1. The van der Waals surface area contributed by atoms with Crippen molar-refractivity contribution in [1.29, 1.82) is 0 Å². The van der Waals surface area contributed by atoms with Gasteiger partial charge in [0.1, 0.15) is 5.69 Å². The fraction of sp³-hybridized carbons (Fsp3) is 0.118. The van der Waals surface area contributed by atoms with E-state index in [0.29, 0.717) is 5.69 Å². The number of rotatable bonds is 5. The number of hydrogen-bond donors (Lipinski definition) is 2. The van der Waals surface area contributed by atoms with E-state index in [0.717, 1.165) is 15.6 Å². The van der Waals surface area contributed by atoms with Gasteiger partial charge in [-0.3, -0.25) is 14.6 Å². The van der Waals surface area contributed by atoms with Crippen molar-refractivity contribution in [1.82, 2.24) is 20.7 Å². The molecule has 0 aliphatic carbocycles. The van der Waals surface area contributed by atoms with Crippen LogP contribution in [0.3, 0.4) is 0 Å². The van der Waals surface area contributed by atoms with E-state index in [1.807, 2.05) is 29.6 Å². The van der Waals surface area contributed by atoms with Crippen molar-refractivity contribution in [3.05, 3.63) is 59.0 Å². The number of fused-ring (bicyclic) bond motifs is 1. The molecule has 0 spiro atoms. The Balaban J connectivity index is 1.52. The van der Waals surface area contributed by atoms with Gasteiger partial charge in [-0.1, -0.05) is 18.2 Å². The molecule has 25 heavy (non-hydrogen) atoms. The third-order valence-electron chi connectivity index (χ3n) is 3.30. The number of aromatic nitrogens is 2. The maximum Gasteiger partial charge on any atom is 0.271 e. The minimum atomic E-state index is -0.459. The maximum atomic E-state index is 11.9. The molecule has 1 aromatic carbocycles. The largest absolute Gasteiger partial charge is 0.342 e. The molecule has 2 aromatic heterocycles. The predicted octanol–water partition coefficient (Wildman–Crippen LogP) is 1.88. The lowest BCUT2D eigenvalue weighted by atomic mass is 10.2. The van der Waals surface area contributed by atoms with Crippen molar-refractivity contribution in [3.63, 3.8) is 0 Å². The molecule has 2 amide bonds. The first-order valence-corrected chi connectivity index (χ1v) is 8.36.